The Morgan fingerprint density at radius 2 is 1.02 bits per heavy atom. The number of methoxy groups -OCH3 is 1. The number of aromatic carboxylic acids is 1. The molecule has 214 valence electrons. The first-order chi connectivity index (χ1) is 21.0. The Balaban J connectivity index is 0.000000171. The summed E-state index contributed by atoms with van der Waals surface area (Å²) in [4.78, 5) is 22.2. The van der Waals surface area contributed by atoms with E-state index in [4.69, 9.17) is 5.11 Å². The summed E-state index contributed by atoms with van der Waals surface area (Å²) in [7, 11) is 1.37. The van der Waals surface area contributed by atoms with Crippen molar-refractivity contribution in [2.75, 3.05) is 17.7 Å². The molecule has 0 aliphatic heterocycles. The predicted molar refractivity (Wildman–Crippen MR) is 165 cm³/mol. The summed E-state index contributed by atoms with van der Waals surface area (Å²) in [6, 6.07) is 37.0. The number of aromatic nitrogens is 4. The van der Waals surface area contributed by atoms with Gasteiger partial charge in [0.1, 0.15) is 0 Å². The van der Waals surface area contributed by atoms with Gasteiger partial charge in [0.15, 0.2) is 11.6 Å². The largest absolute Gasteiger partial charge is 0.478 e. The van der Waals surface area contributed by atoms with Crippen LogP contribution in [0, 0.1) is 0 Å². The Morgan fingerprint density at radius 3 is 1.42 bits per heavy atom. The van der Waals surface area contributed by atoms with Crippen molar-refractivity contribution in [3.8, 4) is 11.4 Å². The van der Waals surface area contributed by atoms with Crippen molar-refractivity contribution in [2.45, 2.75) is 0 Å². The standard InChI is InChI=1S/C17H15N3O2.C16H13N3O2/c1-22-17(21)13-7-9-14(10-8-13)18-16-11-12-20(19-16)15-5-3-2-4-6-15;20-16(21)12-6-8-13(9-7-12)17-15-10-11-19(18-15)14-4-2-1-3-5-14/h2-12H,1H3,(H,18,19);1-11H,(H,17,18)(H,20,21). The second-order valence-electron chi connectivity index (χ2n) is 9.16. The molecular formula is C33H28N6O4. The van der Waals surface area contributed by atoms with Gasteiger partial charge in [0, 0.05) is 35.9 Å². The highest BCUT2D eigenvalue weighted by Crippen LogP contribution is 2.18. The number of nitrogens with one attached hydrogen (secondary N) is 2. The average molecular weight is 573 g/mol. The van der Waals surface area contributed by atoms with E-state index >= 15 is 0 Å². The summed E-state index contributed by atoms with van der Waals surface area (Å²) >= 11 is 0. The number of hydrogen-bond donors (Lipinski definition) is 3. The van der Waals surface area contributed by atoms with Gasteiger partial charge in [0.25, 0.3) is 0 Å². The van der Waals surface area contributed by atoms with Gasteiger partial charge in [-0.15, -0.1) is 0 Å². The molecule has 4 aromatic carbocycles. The molecule has 0 amide bonds. The third-order valence-electron chi connectivity index (χ3n) is 6.20. The van der Waals surface area contributed by atoms with Crippen molar-refractivity contribution < 1.29 is 19.4 Å². The van der Waals surface area contributed by atoms with Gasteiger partial charge in [0.05, 0.1) is 29.6 Å². The van der Waals surface area contributed by atoms with Crippen LogP contribution < -0.4 is 10.6 Å². The Morgan fingerprint density at radius 1 is 0.605 bits per heavy atom. The number of carboxylic acid groups (broad SMARTS) is 1. The predicted octanol–water partition coefficient (Wildman–Crippen LogP) is 6.72. The normalized spacial score (nSPS) is 10.3. The molecule has 10 nitrogen and oxygen atoms in total. The van der Waals surface area contributed by atoms with Crippen molar-refractivity contribution in [1.82, 2.24) is 19.6 Å². The van der Waals surface area contributed by atoms with E-state index in [1.807, 2.05) is 97.3 Å². The molecule has 0 fully saturated rings. The molecule has 0 saturated heterocycles. The molecular weight excluding hydrogens is 544 g/mol. The topological polar surface area (TPSA) is 123 Å². The molecule has 0 aliphatic rings. The van der Waals surface area contributed by atoms with Gasteiger partial charge >= 0.3 is 11.9 Å². The van der Waals surface area contributed by atoms with Crippen LogP contribution in [0.4, 0.5) is 23.0 Å². The quantitative estimate of drug-likeness (QED) is 0.172. The molecule has 0 atom stereocenters. The molecule has 2 aromatic heterocycles. The number of anilines is 4. The molecule has 0 bridgehead atoms. The highest BCUT2D eigenvalue weighted by molar-refractivity contribution is 5.90. The van der Waals surface area contributed by atoms with Crippen molar-refractivity contribution >= 4 is 34.9 Å². The summed E-state index contributed by atoms with van der Waals surface area (Å²) in [5.74, 6) is 0.145. The van der Waals surface area contributed by atoms with Crippen LogP contribution in [-0.4, -0.2) is 43.7 Å². The van der Waals surface area contributed by atoms with E-state index in [9.17, 15) is 9.59 Å². The summed E-state index contributed by atoms with van der Waals surface area (Å²) in [5, 5.41) is 24.1. The minimum Gasteiger partial charge on any atom is -0.478 e. The average Bonchev–Trinajstić information content (AvgIpc) is 3.73. The van der Waals surface area contributed by atoms with Crippen LogP contribution in [-0.2, 0) is 4.74 Å². The van der Waals surface area contributed by atoms with Crippen LogP contribution in [0.3, 0.4) is 0 Å². The third-order valence-corrected chi connectivity index (χ3v) is 6.20. The van der Waals surface area contributed by atoms with E-state index < -0.39 is 5.97 Å². The van der Waals surface area contributed by atoms with Crippen molar-refractivity contribution in [3.63, 3.8) is 0 Å². The van der Waals surface area contributed by atoms with Gasteiger partial charge in [-0.05, 0) is 72.8 Å². The lowest BCUT2D eigenvalue weighted by molar-refractivity contribution is 0.0600. The second-order valence-corrected chi connectivity index (χ2v) is 9.16. The summed E-state index contributed by atoms with van der Waals surface area (Å²) in [6.45, 7) is 0. The molecule has 0 radical (unpaired) electrons. The monoisotopic (exact) mass is 572 g/mol. The van der Waals surface area contributed by atoms with Crippen LogP contribution in [0.2, 0.25) is 0 Å². The highest BCUT2D eigenvalue weighted by atomic mass is 16.5. The van der Waals surface area contributed by atoms with E-state index in [0.29, 0.717) is 11.4 Å². The molecule has 2 heterocycles. The number of carbonyl (C=O) groups excluding carboxylic acids is 1. The van der Waals surface area contributed by atoms with Gasteiger partial charge in [-0.1, -0.05) is 36.4 Å². The Bertz CT molecular complexity index is 1780. The Labute approximate surface area is 247 Å². The van der Waals surface area contributed by atoms with E-state index in [2.05, 4.69) is 25.6 Å². The number of hydrogen-bond acceptors (Lipinski definition) is 7. The molecule has 0 unspecified atom stereocenters. The van der Waals surface area contributed by atoms with E-state index in [1.165, 1.54) is 7.11 Å². The maximum Gasteiger partial charge on any atom is 0.337 e. The number of rotatable bonds is 8. The Kier molecular flexibility index (Phi) is 8.88. The smallest absolute Gasteiger partial charge is 0.337 e. The maximum absolute atomic E-state index is 11.4. The molecule has 3 N–H and O–H groups in total. The third kappa shape index (κ3) is 7.53. The minimum atomic E-state index is -0.935. The van der Waals surface area contributed by atoms with Gasteiger partial charge in [-0.3, -0.25) is 0 Å². The van der Waals surface area contributed by atoms with Crippen LogP contribution in [0.1, 0.15) is 20.7 Å². The fourth-order valence-corrected chi connectivity index (χ4v) is 4.03. The zero-order valence-electron chi connectivity index (χ0n) is 23.2. The van der Waals surface area contributed by atoms with Gasteiger partial charge in [-0.25, -0.2) is 19.0 Å². The second kappa shape index (κ2) is 13.5. The number of para-hydroxylation sites is 2. The first-order valence-electron chi connectivity index (χ1n) is 13.3. The summed E-state index contributed by atoms with van der Waals surface area (Å²) in [5.41, 5.74) is 4.39. The van der Waals surface area contributed by atoms with E-state index in [-0.39, 0.29) is 11.5 Å². The van der Waals surface area contributed by atoms with Gasteiger partial charge < -0.3 is 20.5 Å². The van der Waals surface area contributed by atoms with E-state index in [1.54, 1.807) is 45.8 Å². The number of ether oxygens (including phenoxy) is 1. The van der Waals surface area contributed by atoms with Crippen LogP contribution >= 0.6 is 0 Å². The lowest BCUT2D eigenvalue weighted by atomic mass is 10.2. The summed E-state index contributed by atoms with van der Waals surface area (Å²) < 4.78 is 8.24. The number of esters is 1. The SMILES string of the molecule is COC(=O)c1ccc(Nc2ccn(-c3ccccc3)n2)cc1.O=C(O)c1ccc(Nc2ccn(-c3ccccc3)n2)cc1. The fraction of sp³-hybridized carbons (Fsp3) is 0.0303. The van der Waals surface area contributed by atoms with Crippen LogP contribution in [0.25, 0.3) is 11.4 Å². The zero-order valence-corrected chi connectivity index (χ0v) is 23.2. The Hall–Kier alpha value is -6.16. The number of carbonyl (C=O) groups is 2. The van der Waals surface area contributed by atoms with Crippen molar-refractivity contribution in [3.05, 3.63) is 145 Å². The summed E-state index contributed by atoms with van der Waals surface area (Å²) in [6.07, 6.45) is 3.75. The lowest BCUT2D eigenvalue weighted by Gasteiger charge is -2.04. The van der Waals surface area contributed by atoms with Crippen LogP contribution in [0.15, 0.2) is 134 Å². The lowest BCUT2D eigenvalue weighted by Crippen LogP contribution is -2.01. The number of nitrogens with zero attached hydrogens (tertiary/aromatic N) is 4. The van der Waals surface area contributed by atoms with E-state index in [0.717, 1.165) is 28.6 Å². The fourth-order valence-electron chi connectivity index (χ4n) is 4.03. The van der Waals surface area contributed by atoms with Crippen LogP contribution in [0.5, 0.6) is 0 Å². The van der Waals surface area contributed by atoms with Crippen molar-refractivity contribution in [1.29, 1.82) is 0 Å². The molecule has 0 spiro atoms. The number of benzene rings is 4. The molecule has 0 saturated carbocycles. The zero-order chi connectivity index (χ0) is 30.0. The first-order valence-corrected chi connectivity index (χ1v) is 13.3. The molecule has 43 heavy (non-hydrogen) atoms. The molecule has 0 aliphatic carbocycles. The molecule has 6 aromatic rings. The minimum absolute atomic E-state index is 0.260. The first kappa shape index (κ1) is 28.4. The molecule has 6 rings (SSSR count). The van der Waals surface area contributed by atoms with Gasteiger partial charge in [0.2, 0.25) is 0 Å². The highest BCUT2D eigenvalue weighted by Gasteiger charge is 2.06. The van der Waals surface area contributed by atoms with Crippen molar-refractivity contribution in [2.24, 2.45) is 0 Å². The number of carboxylic acids is 1. The molecule has 10 heteroatoms. The van der Waals surface area contributed by atoms with Gasteiger partial charge in [-0.2, -0.15) is 10.2 Å². The maximum atomic E-state index is 11.4.